The maximum absolute atomic E-state index is 12.2. The van der Waals surface area contributed by atoms with Gasteiger partial charge in [0.15, 0.2) is 6.10 Å². The minimum absolute atomic E-state index is 0.157. The molecule has 0 spiro atoms. The Kier molecular flexibility index (Phi) is 5.41. The number of urea groups is 1. The average molecular weight is 342 g/mol. The summed E-state index contributed by atoms with van der Waals surface area (Å²) >= 11 is 6.02. The van der Waals surface area contributed by atoms with Gasteiger partial charge in [-0.2, -0.15) is 0 Å². The minimum Gasteiger partial charge on any atom is -0.479 e. The number of carbonyl (C=O) groups excluding carboxylic acids is 2. The number of rotatable bonds is 6. The lowest BCUT2D eigenvalue weighted by Crippen LogP contribution is -2.38. The van der Waals surface area contributed by atoms with Crippen LogP contribution in [0.2, 0.25) is 5.02 Å². The van der Waals surface area contributed by atoms with E-state index in [9.17, 15) is 14.4 Å². The van der Waals surface area contributed by atoms with E-state index in [4.69, 9.17) is 21.4 Å². The van der Waals surface area contributed by atoms with Crippen LogP contribution >= 0.6 is 11.6 Å². The SMILES string of the molecule is COC(CNC(=O)c1cc(N2CCNC2=O)ccc1Cl)C(=O)O. The lowest BCUT2D eigenvalue weighted by atomic mass is 10.1. The highest BCUT2D eigenvalue weighted by Gasteiger charge is 2.23. The normalized spacial score (nSPS) is 15.2. The summed E-state index contributed by atoms with van der Waals surface area (Å²) in [5.74, 6) is -1.72. The standard InChI is InChI=1S/C14H16ClN3O5/c1-23-11(13(20)21)7-17-12(19)9-6-8(2-3-10(9)15)18-5-4-16-14(18)22/h2-3,6,11H,4-5,7H2,1H3,(H,16,22)(H,17,19)(H,20,21). The van der Waals surface area contributed by atoms with Crippen LogP contribution in [-0.2, 0) is 9.53 Å². The quantitative estimate of drug-likeness (QED) is 0.706. The van der Waals surface area contributed by atoms with Crippen molar-refractivity contribution in [2.24, 2.45) is 0 Å². The van der Waals surface area contributed by atoms with Gasteiger partial charge in [-0.15, -0.1) is 0 Å². The Hall–Kier alpha value is -2.32. The van der Waals surface area contributed by atoms with E-state index in [1.54, 1.807) is 6.07 Å². The van der Waals surface area contributed by atoms with E-state index in [1.165, 1.54) is 24.1 Å². The maximum Gasteiger partial charge on any atom is 0.334 e. The van der Waals surface area contributed by atoms with E-state index in [0.29, 0.717) is 18.8 Å². The van der Waals surface area contributed by atoms with Crippen LogP contribution < -0.4 is 15.5 Å². The van der Waals surface area contributed by atoms with E-state index in [2.05, 4.69) is 10.6 Å². The van der Waals surface area contributed by atoms with Crippen molar-refractivity contribution in [3.63, 3.8) is 0 Å². The van der Waals surface area contributed by atoms with Crippen LogP contribution in [0.1, 0.15) is 10.4 Å². The van der Waals surface area contributed by atoms with E-state index in [-0.39, 0.29) is 23.2 Å². The van der Waals surface area contributed by atoms with Crippen molar-refractivity contribution < 1.29 is 24.2 Å². The third-order valence-electron chi connectivity index (χ3n) is 3.37. The fraction of sp³-hybridized carbons (Fsp3) is 0.357. The van der Waals surface area contributed by atoms with Gasteiger partial charge < -0.3 is 20.5 Å². The number of amides is 3. The van der Waals surface area contributed by atoms with Crippen molar-refractivity contribution >= 4 is 35.2 Å². The zero-order valence-corrected chi connectivity index (χ0v) is 13.1. The van der Waals surface area contributed by atoms with Gasteiger partial charge in [-0.25, -0.2) is 9.59 Å². The molecule has 1 heterocycles. The van der Waals surface area contributed by atoms with Gasteiger partial charge in [0, 0.05) is 25.9 Å². The van der Waals surface area contributed by atoms with Gasteiger partial charge in [0.2, 0.25) is 0 Å². The topological polar surface area (TPSA) is 108 Å². The summed E-state index contributed by atoms with van der Waals surface area (Å²) < 4.78 is 4.74. The number of hydrogen-bond donors (Lipinski definition) is 3. The summed E-state index contributed by atoms with van der Waals surface area (Å²) in [6.07, 6.45) is -1.15. The first-order valence-corrected chi connectivity index (χ1v) is 7.20. The average Bonchev–Trinajstić information content (AvgIpc) is 2.94. The predicted octanol–water partition coefficient (Wildman–Crippen LogP) is 0.699. The molecule has 8 nitrogen and oxygen atoms in total. The Morgan fingerprint density at radius 2 is 2.26 bits per heavy atom. The molecular weight excluding hydrogens is 326 g/mol. The van der Waals surface area contributed by atoms with Crippen LogP contribution in [-0.4, -0.2) is 55.9 Å². The number of ether oxygens (including phenoxy) is 1. The number of carboxylic acid groups (broad SMARTS) is 1. The molecule has 23 heavy (non-hydrogen) atoms. The third kappa shape index (κ3) is 3.91. The van der Waals surface area contributed by atoms with Crippen LogP contribution in [0.3, 0.4) is 0 Å². The molecule has 9 heteroatoms. The molecular formula is C14H16ClN3O5. The Bertz CT molecular complexity index is 637. The Morgan fingerprint density at radius 1 is 1.52 bits per heavy atom. The summed E-state index contributed by atoms with van der Waals surface area (Å²) in [5, 5.41) is 14.2. The van der Waals surface area contributed by atoms with Crippen molar-refractivity contribution in [3.05, 3.63) is 28.8 Å². The molecule has 1 aliphatic heterocycles. The maximum atomic E-state index is 12.2. The number of nitrogens with zero attached hydrogens (tertiary/aromatic N) is 1. The van der Waals surface area contributed by atoms with Gasteiger partial charge in [-0.3, -0.25) is 9.69 Å². The number of anilines is 1. The highest BCUT2D eigenvalue weighted by molar-refractivity contribution is 6.34. The second-order valence-corrected chi connectivity index (χ2v) is 5.23. The molecule has 0 aromatic heterocycles. The van der Waals surface area contributed by atoms with Crippen molar-refractivity contribution in [2.75, 3.05) is 31.6 Å². The zero-order chi connectivity index (χ0) is 17.0. The summed E-state index contributed by atoms with van der Waals surface area (Å²) in [4.78, 5) is 36.2. The highest BCUT2D eigenvalue weighted by atomic mass is 35.5. The van der Waals surface area contributed by atoms with Crippen molar-refractivity contribution in [3.8, 4) is 0 Å². The highest BCUT2D eigenvalue weighted by Crippen LogP contribution is 2.24. The number of hydrogen-bond acceptors (Lipinski definition) is 4. The van der Waals surface area contributed by atoms with E-state index < -0.39 is 18.0 Å². The van der Waals surface area contributed by atoms with Gasteiger partial charge in [0.1, 0.15) is 0 Å². The molecule has 1 aliphatic rings. The molecule has 1 saturated heterocycles. The molecule has 1 aromatic carbocycles. The number of aliphatic carboxylic acids is 1. The summed E-state index contributed by atoms with van der Waals surface area (Å²) in [6, 6.07) is 4.40. The molecule has 1 unspecified atom stereocenters. The van der Waals surface area contributed by atoms with Crippen LogP contribution in [0.5, 0.6) is 0 Å². The van der Waals surface area contributed by atoms with Gasteiger partial charge in [-0.1, -0.05) is 11.6 Å². The molecule has 1 fully saturated rings. The minimum atomic E-state index is -1.18. The molecule has 3 amide bonds. The lowest BCUT2D eigenvalue weighted by Gasteiger charge is -2.16. The Balaban J connectivity index is 2.13. The molecule has 0 radical (unpaired) electrons. The number of methoxy groups -OCH3 is 1. The van der Waals surface area contributed by atoms with Crippen molar-refractivity contribution in [1.29, 1.82) is 0 Å². The third-order valence-corrected chi connectivity index (χ3v) is 3.70. The second-order valence-electron chi connectivity index (χ2n) is 4.82. The van der Waals surface area contributed by atoms with Crippen LogP contribution in [0.25, 0.3) is 0 Å². The zero-order valence-electron chi connectivity index (χ0n) is 12.3. The largest absolute Gasteiger partial charge is 0.479 e. The number of carbonyl (C=O) groups is 3. The predicted molar refractivity (Wildman–Crippen MR) is 83.0 cm³/mol. The number of carboxylic acids is 1. The Morgan fingerprint density at radius 3 is 2.83 bits per heavy atom. The number of benzene rings is 1. The summed E-state index contributed by atoms with van der Waals surface area (Å²) in [6.45, 7) is 0.818. The van der Waals surface area contributed by atoms with Crippen LogP contribution in [0.15, 0.2) is 18.2 Å². The monoisotopic (exact) mass is 341 g/mol. The molecule has 124 valence electrons. The van der Waals surface area contributed by atoms with Crippen LogP contribution in [0, 0.1) is 0 Å². The molecule has 1 atom stereocenters. The van der Waals surface area contributed by atoms with Gasteiger partial charge in [0.25, 0.3) is 5.91 Å². The van der Waals surface area contributed by atoms with Crippen LogP contribution in [0.4, 0.5) is 10.5 Å². The fourth-order valence-electron chi connectivity index (χ4n) is 2.13. The molecule has 0 aliphatic carbocycles. The number of halogens is 1. The summed E-state index contributed by atoms with van der Waals surface area (Å²) in [7, 11) is 1.24. The Labute approximate surface area is 137 Å². The van der Waals surface area contributed by atoms with E-state index in [1.807, 2.05) is 0 Å². The molecule has 0 saturated carbocycles. The smallest absolute Gasteiger partial charge is 0.334 e. The molecule has 0 bridgehead atoms. The first kappa shape index (κ1) is 17.0. The van der Waals surface area contributed by atoms with Gasteiger partial charge in [0.05, 0.1) is 17.1 Å². The lowest BCUT2D eigenvalue weighted by molar-refractivity contribution is -0.148. The fourth-order valence-corrected chi connectivity index (χ4v) is 2.33. The van der Waals surface area contributed by atoms with Gasteiger partial charge >= 0.3 is 12.0 Å². The molecule has 1 aromatic rings. The van der Waals surface area contributed by atoms with Crippen molar-refractivity contribution in [2.45, 2.75) is 6.10 Å². The first-order chi connectivity index (χ1) is 10.9. The molecule has 2 rings (SSSR count). The van der Waals surface area contributed by atoms with Crippen molar-refractivity contribution in [1.82, 2.24) is 10.6 Å². The first-order valence-electron chi connectivity index (χ1n) is 6.82. The molecule has 3 N–H and O–H groups in total. The van der Waals surface area contributed by atoms with E-state index >= 15 is 0 Å². The summed E-state index contributed by atoms with van der Waals surface area (Å²) in [5.41, 5.74) is 0.695. The van der Waals surface area contributed by atoms with Gasteiger partial charge in [-0.05, 0) is 18.2 Å². The van der Waals surface area contributed by atoms with E-state index in [0.717, 1.165) is 0 Å². The number of nitrogens with one attached hydrogen (secondary N) is 2. The second kappa shape index (κ2) is 7.30.